The van der Waals surface area contributed by atoms with Gasteiger partial charge in [0.1, 0.15) is 17.5 Å². The first-order valence-corrected chi connectivity index (χ1v) is 12.4. The van der Waals surface area contributed by atoms with Crippen molar-refractivity contribution in [2.45, 2.75) is 57.5 Å². The van der Waals surface area contributed by atoms with Gasteiger partial charge < -0.3 is 15.2 Å². The van der Waals surface area contributed by atoms with E-state index in [1.54, 1.807) is 6.92 Å². The molecule has 3 heterocycles. The molecule has 2 bridgehead atoms. The maximum Gasteiger partial charge on any atom is 0.326 e. The zero-order valence-corrected chi connectivity index (χ0v) is 20.9. The molecule has 1 aliphatic carbocycles. The summed E-state index contributed by atoms with van der Waals surface area (Å²) in [7, 11) is 2.18. The SMILES string of the molecule is C[C@@H](NC(=O)CCC12CCC(CC1)N(C)C2)c1ccc(F)cc1F.O=c1[nH]c(=O)c2cc(F)ccc2[nH]1.[HH].[HH]. The summed E-state index contributed by atoms with van der Waals surface area (Å²) >= 11 is 0. The van der Waals surface area contributed by atoms with Gasteiger partial charge in [-0.25, -0.2) is 18.0 Å². The fourth-order valence-corrected chi connectivity index (χ4v) is 5.56. The predicted molar refractivity (Wildman–Crippen MR) is 139 cm³/mol. The zero-order valence-electron chi connectivity index (χ0n) is 20.9. The number of aromatic amines is 2. The average Bonchev–Trinajstić information content (AvgIpc) is 2.84. The van der Waals surface area contributed by atoms with E-state index in [2.05, 4.69) is 22.2 Å². The van der Waals surface area contributed by atoms with E-state index < -0.39 is 34.7 Å². The number of hydrogen-bond donors (Lipinski definition) is 3. The van der Waals surface area contributed by atoms with E-state index >= 15 is 0 Å². The van der Waals surface area contributed by atoms with Gasteiger partial charge in [-0.15, -0.1) is 0 Å². The first-order valence-electron chi connectivity index (χ1n) is 12.4. The maximum atomic E-state index is 13.8. The van der Waals surface area contributed by atoms with Crippen molar-refractivity contribution in [3.05, 3.63) is 80.3 Å². The number of nitrogens with zero attached hydrogens (tertiary/aromatic N) is 1. The molecule has 1 aromatic heterocycles. The van der Waals surface area contributed by atoms with Crippen LogP contribution in [0.15, 0.2) is 46.0 Å². The van der Waals surface area contributed by atoms with Gasteiger partial charge in [0.2, 0.25) is 5.91 Å². The first-order chi connectivity index (χ1) is 17.5. The van der Waals surface area contributed by atoms with Crippen LogP contribution in [0, 0.1) is 22.9 Å². The third-order valence-corrected chi connectivity index (χ3v) is 7.61. The molecule has 1 atom stereocenters. The Labute approximate surface area is 215 Å². The lowest BCUT2D eigenvalue weighted by Gasteiger charge is -2.52. The molecule has 1 saturated carbocycles. The summed E-state index contributed by atoms with van der Waals surface area (Å²) < 4.78 is 39.5. The van der Waals surface area contributed by atoms with Crippen molar-refractivity contribution in [3.63, 3.8) is 0 Å². The normalized spacial score (nSPS) is 21.8. The molecule has 10 heteroatoms. The number of H-pyrrole nitrogens is 2. The summed E-state index contributed by atoms with van der Waals surface area (Å²) in [4.78, 5) is 41.0. The van der Waals surface area contributed by atoms with Crippen molar-refractivity contribution in [2.24, 2.45) is 5.41 Å². The van der Waals surface area contributed by atoms with Crippen molar-refractivity contribution in [2.75, 3.05) is 13.6 Å². The van der Waals surface area contributed by atoms with Crippen LogP contribution >= 0.6 is 0 Å². The summed E-state index contributed by atoms with van der Waals surface area (Å²) in [6.07, 6.45) is 6.22. The largest absolute Gasteiger partial charge is 0.349 e. The molecule has 37 heavy (non-hydrogen) atoms. The quantitative estimate of drug-likeness (QED) is 0.456. The standard InChI is InChI=1S/C19H26F2N2O.C8H5FN2O2.2H2/c1-13(16-4-3-14(20)11-17(16)21)22-18(24)7-10-19-8-5-15(6-9-19)23(2)12-19;9-4-1-2-6-5(3-4)7(12)11-8(13)10-6;;/h3-4,11,13,15H,5-10,12H2,1-2H3,(H,22,24);1-3H,(H2,10,11,12,13);2*1H/t13-,15?,19?;;;/m1.../s1. The van der Waals surface area contributed by atoms with Gasteiger partial charge in [0, 0.05) is 33.5 Å². The number of carbonyl (C=O) groups excluding carboxylic acids is 1. The number of piperidine rings is 2. The van der Waals surface area contributed by atoms with Crippen LogP contribution in [0.3, 0.4) is 0 Å². The highest BCUT2D eigenvalue weighted by Gasteiger charge is 2.43. The van der Waals surface area contributed by atoms with Crippen molar-refractivity contribution < 1.29 is 20.8 Å². The minimum absolute atomic E-state index is 0. The lowest BCUT2D eigenvalue weighted by molar-refractivity contribution is -0.123. The van der Waals surface area contributed by atoms with Crippen LogP contribution in [0.25, 0.3) is 10.9 Å². The van der Waals surface area contributed by atoms with E-state index in [4.69, 9.17) is 0 Å². The molecule has 2 saturated heterocycles. The molecule has 3 fully saturated rings. The minimum Gasteiger partial charge on any atom is -0.349 e. The van der Waals surface area contributed by atoms with E-state index in [1.807, 2.05) is 4.98 Å². The Kier molecular flexibility index (Phi) is 7.87. The fraction of sp³-hybridized carbons (Fsp3) is 0.444. The summed E-state index contributed by atoms with van der Waals surface area (Å²) in [6.45, 7) is 2.80. The number of hydrogen-bond acceptors (Lipinski definition) is 4. The number of amides is 1. The second-order valence-corrected chi connectivity index (χ2v) is 10.2. The number of carbonyl (C=O) groups is 1. The second-order valence-electron chi connectivity index (χ2n) is 10.2. The molecule has 3 aliphatic rings. The molecule has 0 spiro atoms. The van der Waals surface area contributed by atoms with Crippen molar-refractivity contribution >= 4 is 16.8 Å². The molecule has 3 N–H and O–H groups in total. The van der Waals surface area contributed by atoms with Crippen LogP contribution in [-0.4, -0.2) is 40.4 Å². The van der Waals surface area contributed by atoms with Gasteiger partial charge in [-0.05, 0) is 75.8 Å². The average molecular weight is 521 g/mol. The van der Waals surface area contributed by atoms with Crippen LogP contribution in [0.2, 0.25) is 0 Å². The Morgan fingerprint density at radius 2 is 1.78 bits per heavy atom. The molecule has 2 aliphatic heterocycles. The third-order valence-electron chi connectivity index (χ3n) is 7.61. The molecule has 0 radical (unpaired) electrons. The Hall–Kier alpha value is -3.40. The van der Waals surface area contributed by atoms with Gasteiger partial charge >= 0.3 is 5.69 Å². The summed E-state index contributed by atoms with van der Waals surface area (Å²) in [5.74, 6) is -1.79. The molecule has 202 valence electrons. The Morgan fingerprint density at radius 1 is 1.11 bits per heavy atom. The van der Waals surface area contributed by atoms with E-state index in [9.17, 15) is 27.6 Å². The first kappa shape index (κ1) is 26.7. The number of rotatable bonds is 5. The van der Waals surface area contributed by atoms with Crippen molar-refractivity contribution in [1.29, 1.82) is 0 Å². The fourth-order valence-electron chi connectivity index (χ4n) is 5.56. The van der Waals surface area contributed by atoms with Gasteiger partial charge in [0.05, 0.1) is 16.9 Å². The van der Waals surface area contributed by atoms with Crippen molar-refractivity contribution in [1.82, 2.24) is 20.2 Å². The number of nitrogens with one attached hydrogen (secondary N) is 3. The maximum absolute atomic E-state index is 13.8. The second kappa shape index (κ2) is 10.9. The van der Waals surface area contributed by atoms with E-state index in [1.165, 1.54) is 49.9 Å². The lowest BCUT2D eigenvalue weighted by Crippen LogP contribution is -2.52. The lowest BCUT2D eigenvalue weighted by atomic mass is 9.65. The van der Waals surface area contributed by atoms with Gasteiger partial charge in [0.25, 0.3) is 5.56 Å². The number of fused-ring (bicyclic) bond motifs is 4. The highest BCUT2D eigenvalue weighted by Crippen LogP contribution is 2.46. The van der Waals surface area contributed by atoms with Crippen LogP contribution in [0.5, 0.6) is 0 Å². The van der Waals surface area contributed by atoms with Crippen LogP contribution in [0.1, 0.15) is 59.9 Å². The third kappa shape index (κ3) is 6.30. The Balaban J connectivity index is 0.000000303. The minimum atomic E-state index is -0.617. The number of aromatic nitrogens is 2. The molecule has 1 amide bonds. The number of halogens is 3. The molecule has 0 unspecified atom stereocenters. The van der Waals surface area contributed by atoms with Crippen LogP contribution in [-0.2, 0) is 4.79 Å². The molecule has 6 rings (SSSR count). The predicted octanol–water partition coefficient (Wildman–Crippen LogP) is 4.64. The van der Waals surface area contributed by atoms with Crippen LogP contribution < -0.4 is 16.6 Å². The summed E-state index contributed by atoms with van der Waals surface area (Å²) in [6, 6.07) is 7.33. The molecular weight excluding hydrogens is 485 g/mol. The Morgan fingerprint density at radius 3 is 2.46 bits per heavy atom. The molecule has 2 aromatic carbocycles. The summed E-state index contributed by atoms with van der Waals surface area (Å²) in [5.41, 5.74) is -0.260. The molecule has 7 nitrogen and oxygen atoms in total. The Bertz CT molecular complexity index is 1410. The van der Waals surface area contributed by atoms with Crippen LogP contribution in [0.4, 0.5) is 13.2 Å². The van der Waals surface area contributed by atoms with Gasteiger partial charge in [-0.3, -0.25) is 14.6 Å². The van der Waals surface area contributed by atoms with E-state index in [0.29, 0.717) is 17.5 Å². The molecular formula is C27H35F3N4O3. The van der Waals surface area contributed by atoms with E-state index in [0.717, 1.165) is 31.1 Å². The summed E-state index contributed by atoms with van der Waals surface area (Å²) in [5, 5.41) is 2.98. The van der Waals surface area contributed by atoms with Gasteiger partial charge in [-0.2, -0.15) is 0 Å². The smallest absolute Gasteiger partial charge is 0.326 e. The monoisotopic (exact) mass is 520 g/mol. The highest BCUT2D eigenvalue weighted by molar-refractivity contribution is 5.77. The topological polar surface area (TPSA) is 98.1 Å². The number of benzene rings is 2. The van der Waals surface area contributed by atoms with E-state index in [-0.39, 0.29) is 19.6 Å². The molecule has 3 aromatic rings. The zero-order chi connectivity index (χ0) is 26.7. The van der Waals surface area contributed by atoms with Crippen molar-refractivity contribution in [3.8, 4) is 0 Å². The van der Waals surface area contributed by atoms with Gasteiger partial charge in [0.15, 0.2) is 0 Å². The van der Waals surface area contributed by atoms with Gasteiger partial charge in [-0.1, -0.05) is 6.07 Å². The highest BCUT2D eigenvalue weighted by atomic mass is 19.1.